The van der Waals surface area contributed by atoms with Crippen molar-refractivity contribution in [3.63, 3.8) is 0 Å². The van der Waals surface area contributed by atoms with Gasteiger partial charge in [0.25, 0.3) is 15.9 Å². The van der Waals surface area contributed by atoms with Crippen LogP contribution in [0.3, 0.4) is 0 Å². The van der Waals surface area contributed by atoms with Crippen molar-refractivity contribution in [1.82, 2.24) is 25.0 Å². The third-order valence-corrected chi connectivity index (χ3v) is 7.24. The molecule has 186 valence electrons. The maximum absolute atomic E-state index is 13.1. The van der Waals surface area contributed by atoms with Crippen molar-refractivity contribution in [1.29, 1.82) is 0 Å². The Labute approximate surface area is 207 Å². The number of aromatic nitrogens is 4. The van der Waals surface area contributed by atoms with E-state index in [4.69, 9.17) is 4.74 Å². The normalized spacial score (nSPS) is 17.3. The van der Waals surface area contributed by atoms with Crippen LogP contribution in [0.15, 0.2) is 64.4 Å². The Morgan fingerprint density at radius 3 is 2.72 bits per heavy atom. The summed E-state index contributed by atoms with van der Waals surface area (Å²) < 4.78 is 38.6. The number of pyridine rings is 2. The van der Waals surface area contributed by atoms with Gasteiger partial charge < -0.3 is 9.64 Å². The lowest BCUT2D eigenvalue weighted by Crippen LogP contribution is -2.41. The number of ether oxygens (including phenoxy) is 1. The molecule has 0 spiro atoms. The zero-order valence-corrected chi connectivity index (χ0v) is 20.7. The van der Waals surface area contributed by atoms with E-state index >= 15 is 0 Å². The largest absolute Gasteiger partial charge is 0.439 e. The molecule has 1 N–H and O–H groups in total. The molecule has 1 aromatic carbocycles. The Morgan fingerprint density at radius 1 is 1.14 bits per heavy atom. The number of benzene rings is 1. The number of nitrogens with zero attached hydrogens (tertiary/aromatic N) is 5. The summed E-state index contributed by atoms with van der Waals surface area (Å²) in [6.45, 7) is 7.01. The highest BCUT2D eigenvalue weighted by Gasteiger charge is 2.39. The Balaban J connectivity index is 1.38. The number of carbonyl (C=O) groups is 1. The van der Waals surface area contributed by atoms with Crippen LogP contribution >= 0.6 is 0 Å². The van der Waals surface area contributed by atoms with Crippen molar-refractivity contribution in [2.45, 2.75) is 37.8 Å². The maximum Gasteiger partial charge on any atom is 0.281 e. The van der Waals surface area contributed by atoms with Gasteiger partial charge in [-0.05, 0) is 66.8 Å². The van der Waals surface area contributed by atoms with Crippen molar-refractivity contribution >= 4 is 32.8 Å². The highest BCUT2D eigenvalue weighted by molar-refractivity contribution is 7.90. The number of fused-ring (bicyclic) bond motifs is 1. The lowest BCUT2D eigenvalue weighted by Gasteiger charge is -2.33. The number of carbonyl (C=O) groups excluding carboxylic acids is 1. The standard InChI is InChI=1S/C24H24N6O5S/c1-15-13-24(2,3)30(14-15)22-17(6-5-11-25-22)23(31)29-36(32,33)21-8-4-7-20(26-21)34-16-9-10-18-19(12-16)28-35-27-18/h4-12,15H,13-14H2,1-3H3,(H,29,31). The van der Waals surface area contributed by atoms with Crippen LogP contribution in [-0.4, -0.2) is 46.7 Å². The first-order chi connectivity index (χ1) is 17.1. The Kier molecular flexibility index (Phi) is 5.83. The van der Waals surface area contributed by atoms with E-state index in [2.05, 4.69) is 50.4 Å². The van der Waals surface area contributed by atoms with E-state index in [1.165, 1.54) is 18.2 Å². The van der Waals surface area contributed by atoms with E-state index in [1.54, 1.807) is 36.5 Å². The molecule has 1 aliphatic rings. The number of hydrogen-bond donors (Lipinski definition) is 1. The molecule has 36 heavy (non-hydrogen) atoms. The number of rotatable bonds is 6. The first-order valence-electron chi connectivity index (χ1n) is 11.3. The number of sulfonamides is 1. The molecule has 1 saturated heterocycles. The zero-order valence-electron chi connectivity index (χ0n) is 19.9. The Hall–Kier alpha value is -4.06. The molecular weight excluding hydrogens is 484 g/mol. The van der Waals surface area contributed by atoms with Crippen molar-refractivity contribution in [2.24, 2.45) is 5.92 Å². The molecule has 1 fully saturated rings. The zero-order chi connectivity index (χ0) is 25.5. The maximum atomic E-state index is 13.1. The van der Waals surface area contributed by atoms with E-state index in [9.17, 15) is 13.2 Å². The fourth-order valence-corrected chi connectivity index (χ4v) is 5.45. The molecule has 0 aliphatic carbocycles. The van der Waals surface area contributed by atoms with Crippen molar-refractivity contribution in [2.75, 3.05) is 11.4 Å². The van der Waals surface area contributed by atoms with E-state index < -0.39 is 15.9 Å². The highest BCUT2D eigenvalue weighted by Crippen LogP contribution is 2.37. The predicted molar refractivity (Wildman–Crippen MR) is 130 cm³/mol. The lowest BCUT2D eigenvalue weighted by atomic mass is 9.97. The number of anilines is 1. The molecule has 0 saturated carbocycles. The highest BCUT2D eigenvalue weighted by atomic mass is 32.2. The molecule has 0 radical (unpaired) electrons. The molecule has 4 aromatic rings. The van der Waals surface area contributed by atoms with Crippen molar-refractivity contribution < 1.29 is 22.6 Å². The fraction of sp³-hybridized carbons (Fsp3) is 0.292. The summed E-state index contributed by atoms with van der Waals surface area (Å²) in [5.74, 6) is 0.463. The monoisotopic (exact) mass is 508 g/mol. The van der Waals surface area contributed by atoms with Crippen LogP contribution < -0.4 is 14.4 Å². The smallest absolute Gasteiger partial charge is 0.281 e. The van der Waals surface area contributed by atoms with Crippen LogP contribution in [-0.2, 0) is 10.0 Å². The van der Waals surface area contributed by atoms with E-state index in [0.29, 0.717) is 35.1 Å². The van der Waals surface area contributed by atoms with Gasteiger partial charge >= 0.3 is 0 Å². The van der Waals surface area contributed by atoms with Gasteiger partial charge in [0.2, 0.25) is 5.88 Å². The van der Waals surface area contributed by atoms with Gasteiger partial charge in [-0.15, -0.1) is 0 Å². The third-order valence-electron chi connectivity index (χ3n) is 6.01. The van der Waals surface area contributed by atoms with Gasteiger partial charge in [0.05, 0.1) is 5.56 Å². The minimum absolute atomic E-state index is 0.0241. The summed E-state index contributed by atoms with van der Waals surface area (Å²) in [7, 11) is -4.30. The Morgan fingerprint density at radius 2 is 1.94 bits per heavy atom. The van der Waals surface area contributed by atoms with Crippen molar-refractivity contribution in [3.8, 4) is 11.6 Å². The van der Waals surface area contributed by atoms with Gasteiger partial charge in [-0.1, -0.05) is 13.0 Å². The molecule has 5 rings (SSSR count). The molecule has 1 unspecified atom stereocenters. The van der Waals surface area contributed by atoms with Crippen LogP contribution in [0.2, 0.25) is 0 Å². The average molecular weight is 509 g/mol. The van der Waals surface area contributed by atoms with Gasteiger partial charge in [-0.25, -0.2) is 14.3 Å². The third kappa shape index (κ3) is 4.59. The first kappa shape index (κ1) is 23.7. The van der Waals surface area contributed by atoms with Crippen LogP contribution in [0.25, 0.3) is 11.0 Å². The molecule has 1 amide bonds. The van der Waals surface area contributed by atoms with Crippen LogP contribution in [0.1, 0.15) is 37.6 Å². The molecule has 12 heteroatoms. The van der Waals surface area contributed by atoms with E-state index in [0.717, 1.165) is 6.42 Å². The summed E-state index contributed by atoms with van der Waals surface area (Å²) in [6.07, 6.45) is 2.52. The van der Waals surface area contributed by atoms with Crippen LogP contribution in [0.5, 0.6) is 11.6 Å². The fourth-order valence-electron chi connectivity index (χ4n) is 4.53. The first-order valence-corrected chi connectivity index (χ1v) is 12.8. The number of hydrogen-bond acceptors (Lipinski definition) is 10. The molecule has 4 heterocycles. The van der Waals surface area contributed by atoms with E-state index in [-0.39, 0.29) is 22.0 Å². The second-order valence-corrected chi connectivity index (χ2v) is 11.0. The SMILES string of the molecule is CC1CN(c2ncccc2C(=O)NS(=O)(=O)c2cccc(Oc3ccc4nonc4c3)n2)C(C)(C)C1. The average Bonchev–Trinajstić information content (AvgIpc) is 3.41. The number of amides is 1. The molecule has 0 bridgehead atoms. The molecule has 1 atom stereocenters. The Bertz CT molecular complexity index is 1550. The molecule has 3 aromatic heterocycles. The topological polar surface area (TPSA) is 140 Å². The van der Waals surface area contributed by atoms with Gasteiger partial charge in [-0.3, -0.25) is 4.79 Å². The quantitative estimate of drug-likeness (QED) is 0.411. The summed E-state index contributed by atoms with van der Waals surface area (Å²) >= 11 is 0. The molecular formula is C24H24N6O5S. The molecule has 11 nitrogen and oxygen atoms in total. The van der Waals surface area contributed by atoms with Crippen LogP contribution in [0.4, 0.5) is 5.82 Å². The summed E-state index contributed by atoms with van der Waals surface area (Å²) in [4.78, 5) is 23.7. The molecule has 1 aliphatic heterocycles. The van der Waals surface area contributed by atoms with Gasteiger partial charge in [0, 0.05) is 30.4 Å². The second kappa shape index (κ2) is 8.86. The van der Waals surface area contributed by atoms with E-state index in [1.807, 2.05) is 4.90 Å². The number of nitrogens with one attached hydrogen (secondary N) is 1. The minimum atomic E-state index is -4.30. The minimum Gasteiger partial charge on any atom is -0.439 e. The summed E-state index contributed by atoms with van der Waals surface area (Å²) in [5, 5.41) is 7.11. The van der Waals surface area contributed by atoms with Gasteiger partial charge in [0.15, 0.2) is 5.03 Å². The van der Waals surface area contributed by atoms with Gasteiger partial charge in [0.1, 0.15) is 22.6 Å². The predicted octanol–water partition coefficient (Wildman–Crippen LogP) is 3.55. The summed E-state index contributed by atoms with van der Waals surface area (Å²) in [5.41, 5.74) is 0.979. The van der Waals surface area contributed by atoms with Crippen LogP contribution in [0, 0.1) is 5.92 Å². The second-order valence-electron chi connectivity index (χ2n) is 9.37. The van der Waals surface area contributed by atoms with Gasteiger partial charge in [-0.2, -0.15) is 13.4 Å². The lowest BCUT2D eigenvalue weighted by molar-refractivity contribution is 0.0981. The summed E-state index contributed by atoms with van der Waals surface area (Å²) in [6, 6.07) is 12.3. The van der Waals surface area contributed by atoms with Crippen molar-refractivity contribution in [3.05, 3.63) is 60.3 Å².